The molecular weight excluding hydrogens is 246 g/mol. The summed E-state index contributed by atoms with van der Waals surface area (Å²) in [6, 6.07) is 1.63. The number of nitrogens with one attached hydrogen (secondary N) is 1. The van der Waals surface area contributed by atoms with Crippen molar-refractivity contribution in [2.24, 2.45) is 0 Å². The predicted octanol–water partition coefficient (Wildman–Crippen LogP) is 1.53. The number of anilines is 1. The van der Waals surface area contributed by atoms with E-state index in [1.165, 1.54) is 11.3 Å². The topological polar surface area (TPSA) is 66.4 Å². The normalized spacial score (nSPS) is 9.42. The SMILES string of the molecule is O=C(O)C(=O)Nc1cc(Br)cs1. The number of halogens is 1. The summed E-state index contributed by atoms with van der Waals surface area (Å²) in [5, 5.41) is 12.7. The minimum absolute atomic E-state index is 0.509. The lowest BCUT2D eigenvalue weighted by atomic mass is 10.5. The maximum absolute atomic E-state index is 10.6. The van der Waals surface area contributed by atoms with Crippen molar-refractivity contribution in [3.63, 3.8) is 0 Å². The van der Waals surface area contributed by atoms with E-state index >= 15 is 0 Å². The van der Waals surface area contributed by atoms with Crippen LogP contribution in [0.2, 0.25) is 0 Å². The summed E-state index contributed by atoms with van der Waals surface area (Å²) in [5.41, 5.74) is 0. The molecule has 12 heavy (non-hydrogen) atoms. The highest BCUT2D eigenvalue weighted by atomic mass is 79.9. The number of amides is 1. The summed E-state index contributed by atoms with van der Waals surface area (Å²) in [6.45, 7) is 0. The number of rotatable bonds is 1. The van der Waals surface area contributed by atoms with Crippen LogP contribution in [0.3, 0.4) is 0 Å². The molecule has 0 unspecified atom stereocenters. The first-order valence-corrected chi connectivity index (χ1v) is 4.55. The molecule has 1 rings (SSSR count). The Balaban J connectivity index is 2.64. The van der Waals surface area contributed by atoms with Gasteiger partial charge in [0.05, 0.1) is 5.00 Å². The van der Waals surface area contributed by atoms with Crippen molar-refractivity contribution in [3.8, 4) is 0 Å². The zero-order valence-electron chi connectivity index (χ0n) is 5.70. The van der Waals surface area contributed by atoms with Crippen LogP contribution in [0.4, 0.5) is 5.00 Å². The highest BCUT2D eigenvalue weighted by Crippen LogP contribution is 2.24. The third-order valence-electron chi connectivity index (χ3n) is 0.998. The van der Waals surface area contributed by atoms with E-state index < -0.39 is 11.9 Å². The van der Waals surface area contributed by atoms with Gasteiger partial charge in [-0.25, -0.2) is 4.79 Å². The Kier molecular flexibility index (Phi) is 2.83. The van der Waals surface area contributed by atoms with Crippen LogP contribution in [0.25, 0.3) is 0 Å². The summed E-state index contributed by atoms with van der Waals surface area (Å²) in [4.78, 5) is 20.7. The smallest absolute Gasteiger partial charge is 0.394 e. The van der Waals surface area contributed by atoms with Crippen LogP contribution in [0.1, 0.15) is 0 Å². The van der Waals surface area contributed by atoms with Crippen molar-refractivity contribution in [1.29, 1.82) is 0 Å². The van der Waals surface area contributed by atoms with Crippen molar-refractivity contribution >= 4 is 44.1 Å². The van der Waals surface area contributed by atoms with Crippen molar-refractivity contribution in [1.82, 2.24) is 0 Å². The van der Waals surface area contributed by atoms with Gasteiger partial charge in [0.15, 0.2) is 0 Å². The Morgan fingerprint density at radius 1 is 1.58 bits per heavy atom. The summed E-state index contributed by atoms with van der Waals surface area (Å²) in [6.07, 6.45) is 0. The summed E-state index contributed by atoms with van der Waals surface area (Å²) in [5.74, 6) is -2.51. The molecule has 0 atom stereocenters. The Morgan fingerprint density at radius 3 is 2.67 bits per heavy atom. The molecule has 6 heteroatoms. The molecule has 0 aliphatic heterocycles. The van der Waals surface area contributed by atoms with Crippen molar-refractivity contribution in [3.05, 3.63) is 15.9 Å². The fraction of sp³-hybridized carbons (Fsp3) is 0. The average molecular weight is 250 g/mol. The largest absolute Gasteiger partial charge is 0.474 e. The number of carbonyl (C=O) groups excluding carboxylic acids is 1. The maximum atomic E-state index is 10.6. The molecule has 0 radical (unpaired) electrons. The number of carboxylic acids is 1. The van der Waals surface area contributed by atoms with Gasteiger partial charge in [0.1, 0.15) is 0 Å². The van der Waals surface area contributed by atoms with Crippen LogP contribution < -0.4 is 5.32 Å². The molecule has 64 valence electrons. The number of aliphatic carboxylic acids is 1. The Morgan fingerprint density at radius 2 is 2.25 bits per heavy atom. The van der Waals surface area contributed by atoms with E-state index in [0.717, 1.165) is 4.47 Å². The monoisotopic (exact) mass is 249 g/mol. The maximum Gasteiger partial charge on any atom is 0.394 e. The second-order valence-electron chi connectivity index (χ2n) is 1.89. The van der Waals surface area contributed by atoms with E-state index in [0.29, 0.717) is 5.00 Å². The van der Waals surface area contributed by atoms with Gasteiger partial charge in [0.25, 0.3) is 0 Å². The standard InChI is InChI=1S/C6H4BrNO3S/c7-3-1-4(12-2-3)8-5(9)6(10)11/h1-2H,(H,8,9)(H,10,11). The predicted molar refractivity (Wildman–Crippen MR) is 48.3 cm³/mol. The third kappa shape index (κ3) is 2.31. The van der Waals surface area contributed by atoms with E-state index in [2.05, 4.69) is 21.2 Å². The number of thiophene rings is 1. The Labute approximate surface area is 80.3 Å². The molecule has 2 N–H and O–H groups in total. The minimum atomic E-state index is -1.49. The fourth-order valence-electron chi connectivity index (χ4n) is 0.544. The van der Waals surface area contributed by atoms with Crippen LogP contribution in [0.5, 0.6) is 0 Å². The highest BCUT2D eigenvalue weighted by Gasteiger charge is 2.11. The minimum Gasteiger partial charge on any atom is -0.474 e. The summed E-state index contributed by atoms with van der Waals surface area (Å²) in [7, 11) is 0. The third-order valence-corrected chi connectivity index (χ3v) is 2.60. The van der Waals surface area contributed by atoms with Crippen LogP contribution in [0, 0.1) is 0 Å². The molecule has 0 aliphatic carbocycles. The molecular formula is C6H4BrNO3S. The summed E-state index contributed by atoms with van der Waals surface area (Å²) < 4.78 is 0.813. The first-order chi connectivity index (χ1) is 5.59. The van der Waals surface area contributed by atoms with E-state index in [-0.39, 0.29) is 0 Å². The van der Waals surface area contributed by atoms with E-state index in [1.54, 1.807) is 11.4 Å². The first kappa shape index (κ1) is 9.21. The van der Waals surface area contributed by atoms with Crippen LogP contribution in [-0.2, 0) is 9.59 Å². The van der Waals surface area contributed by atoms with Gasteiger partial charge in [-0.1, -0.05) is 0 Å². The van der Waals surface area contributed by atoms with Crippen LogP contribution in [-0.4, -0.2) is 17.0 Å². The number of carbonyl (C=O) groups is 2. The first-order valence-electron chi connectivity index (χ1n) is 2.88. The fourth-order valence-corrected chi connectivity index (χ4v) is 1.86. The van der Waals surface area contributed by atoms with Crippen molar-refractivity contribution in [2.45, 2.75) is 0 Å². The second-order valence-corrected chi connectivity index (χ2v) is 3.72. The molecule has 0 aliphatic rings. The zero-order valence-corrected chi connectivity index (χ0v) is 8.11. The van der Waals surface area contributed by atoms with Gasteiger partial charge in [-0.2, -0.15) is 0 Å². The van der Waals surface area contributed by atoms with Gasteiger partial charge < -0.3 is 10.4 Å². The molecule has 1 aromatic heterocycles. The van der Waals surface area contributed by atoms with Gasteiger partial charge in [0.2, 0.25) is 0 Å². The van der Waals surface area contributed by atoms with E-state index in [9.17, 15) is 9.59 Å². The average Bonchev–Trinajstić information content (AvgIpc) is 2.35. The lowest BCUT2D eigenvalue weighted by molar-refractivity contribution is -0.147. The van der Waals surface area contributed by atoms with Gasteiger partial charge in [0, 0.05) is 9.85 Å². The quantitative estimate of drug-likeness (QED) is 0.743. The lowest BCUT2D eigenvalue weighted by Crippen LogP contribution is -2.21. The Bertz CT molecular complexity index is 322. The molecule has 0 bridgehead atoms. The van der Waals surface area contributed by atoms with Gasteiger partial charge >= 0.3 is 11.9 Å². The molecule has 0 fully saturated rings. The number of carboxylic acid groups (broad SMARTS) is 1. The van der Waals surface area contributed by atoms with E-state index in [4.69, 9.17) is 5.11 Å². The molecule has 1 aromatic rings. The van der Waals surface area contributed by atoms with Crippen molar-refractivity contribution in [2.75, 3.05) is 5.32 Å². The Hall–Kier alpha value is -0.880. The molecule has 1 amide bonds. The molecule has 0 saturated heterocycles. The molecule has 0 spiro atoms. The molecule has 1 heterocycles. The number of hydrogen-bond acceptors (Lipinski definition) is 3. The van der Waals surface area contributed by atoms with Crippen LogP contribution in [0.15, 0.2) is 15.9 Å². The van der Waals surface area contributed by atoms with E-state index in [1.807, 2.05) is 0 Å². The highest BCUT2D eigenvalue weighted by molar-refractivity contribution is 9.10. The van der Waals surface area contributed by atoms with Gasteiger partial charge in [-0.05, 0) is 22.0 Å². The second kappa shape index (κ2) is 3.68. The van der Waals surface area contributed by atoms with Crippen LogP contribution >= 0.6 is 27.3 Å². The zero-order chi connectivity index (χ0) is 9.14. The molecule has 4 nitrogen and oxygen atoms in total. The summed E-state index contributed by atoms with van der Waals surface area (Å²) >= 11 is 4.42. The van der Waals surface area contributed by atoms with Gasteiger partial charge in [-0.3, -0.25) is 4.79 Å². The molecule has 0 aromatic carbocycles. The molecule has 0 saturated carbocycles. The van der Waals surface area contributed by atoms with Gasteiger partial charge in [-0.15, -0.1) is 11.3 Å². The lowest BCUT2D eigenvalue weighted by Gasteiger charge is -1.94. The number of hydrogen-bond donors (Lipinski definition) is 2. The van der Waals surface area contributed by atoms with Crippen molar-refractivity contribution < 1.29 is 14.7 Å².